The molecular formula is C10H14N4O3. The van der Waals surface area contributed by atoms with Crippen molar-refractivity contribution in [3.8, 4) is 0 Å². The third-order valence-electron chi connectivity index (χ3n) is 2.66. The first-order valence-electron chi connectivity index (χ1n) is 5.49. The molecule has 1 unspecified atom stereocenters. The minimum Gasteiger partial charge on any atom is -0.387 e. The SMILES string of the molecule is CC(O)c1cn(CC(=O)N2CCCC2=O)nn1. The van der Waals surface area contributed by atoms with E-state index in [1.165, 1.54) is 15.8 Å². The molecule has 7 nitrogen and oxygen atoms in total. The van der Waals surface area contributed by atoms with Crippen LogP contribution in [0.25, 0.3) is 0 Å². The fourth-order valence-electron chi connectivity index (χ4n) is 1.72. The van der Waals surface area contributed by atoms with Crippen molar-refractivity contribution in [2.75, 3.05) is 6.54 Å². The molecule has 2 heterocycles. The average molecular weight is 238 g/mol. The van der Waals surface area contributed by atoms with E-state index in [9.17, 15) is 14.7 Å². The van der Waals surface area contributed by atoms with E-state index in [1.54, 1.807) is 6.92 Å². The molecule has 1 saturated heterocycles. The Labute approximate surface area is 98.0 Å². The zero-order chi connectivity index (χ0) is 12.4. The van der Waals surface area contributed by atoms with Gasteiger partial charge in [-0.3, -0.25) is 14.5 Å². The van der Waals surface area contributed by atoms with Gasteiger partial charge in [-0.15, -0.1) is 5.10 Å². The number of amides is 2. The smallest absolute Gasteiger partial charge is 0.250 e. The van der Waals surface area contributed by atoms with Gasteiger partial charge in [-0.1, -0.05) is 5.21 Å². The van der Waals surface area contributed by atoms with Crippen LogP contribution in [0.15, 0.2) is 6.20 Å². The van der Waals surface area contributed by atoms with Crippen molar-refractivity contribution in [3.05, 3.63) is 11.9 Å². The summed E-state index contributed by atoms with van der Waals surface area (Å²) >= 11 is 0. The highest BCUT2D eigenvalue weighted by Gasteiger charge is 2.26. The highest BCUT2D eigenvalue weighted by Crippen LogP contribution is 2.11. The molecule has 1 aromatic rings. The van der Waals surface area contributed by atoms with Crippen LogP contribution in [0.1, 0.15) is 31.6 Å². The summed E-state index contributed by atoms with van der Waals surface area (Å²) < 4.78 is 1.33. The zero-order valence-electron chi connectivity index (χ0n) is 9.54. The van der Waals surface area contributed by atoms with Gasteiger partial charge in [0.25, 0.3) is 5.91 Å². The van der Waals surface area contributed by atoms with Crippen LogP contribution in [-0.4, -0.2) is 43.4 Å². The molecule has 7 heteroatoms. The summed E-state index contributed by atoms with van der Waals surface area (Å²) in [5, 5.41) is 16.7. The van der Waals surface area contributed by atoms with Gasteiger partial charge in [0, 0.05) is 13.0 Å². The third-order valence-corrected chi connectivity index (χ3v) is 2.66. The number of nitrogens with zero attached hydrogens (tertiary/aromatic N) is 4. The van der Waals surface area contributed by atoms with Crippen LogP contribution >= 0.6 is 0 Å². The molecule has 0 bridgehead atoms. The Morgan fingerprint density at radius 1 is 1.65 bits per heavy atom. The van der Waals surface area contributed by atoms with E-state index in [1.807, 2.05) is 0 Å². The van der Waals surface area contributed by atoms with Crippen molar-refractivity contribution in [2.24, 2.45) is 0 Å². The van der Waals surface area contributed by atoms with Crippen molar-refractivity contribution in [3.63, 3.8) is 0 Å². The lowest BCUT2D eigenvalue weighted by Crippen LogP contribution is -2.34. The Hall–Kier alpha value is -1.76. The molecular weight excluding hydrogens is 224 g/mol. The lowest BCUT2D eigenvalue weighted by Gasteiger charge is -2.12. The van der Waals surface area contributed by atoms with Gasteiger partial charge in [0.15, 0.2) is 0 Å². The second-order valence-electron chi connectivity index (χ2n) is 4.06. The van der Waals surface area contributed by atoms with Gasteiger partial charge in [0.1, 0.15) is 12.2 Å². The van der Waals surface area contributed by atoms with Gasteiger partial charge in [-0.05, 0) is 13.3 Å². The van der Waals surface area contributed by atoms with Crippen LogP contribution in [0.5, 0.6) is 0 Å². The van der Waals surface area contributed by atoms with E-state index >= 15 is 0 Å². The Kier molecular flexibility index (Phi) is 3.19. The molecule has 1 fully saturated rings. The summed E-state index contributed by atoms with van der Waals surface area (Å²) in [5.74, 6) is -0.416. The molecule has 0 spiro atoms. The summed E-state index contributed by atoms with van der Waals surface area (Å²) in [5.41, 5.74) is 0.408. The van der Waals surface area contributed by atoms with Gasteiger partial charge >= 0.3 is 0 Å². The molecule has 92 valence electrons. The van der Waals surface area contributed by atoms with E-state index < -0.39 is 6.10 Å². The van der Waals surface area contributed by atoms with E-state index in [0.29, 0.717) is 18.7 Å². The maximum absolute atomic E-state index is 11.8. The molecule has 1 aliphatic rings. The van der Waals surface area contributed by atoms with Gasteiger partial charge in [0.05, 0.1) is 12.3 Å². The summed E-state index contributed by atoms with van der Waals surface area (Å²) in [7, 11) is 0. The van der Waals surface area contributed by atoms with E-state index in [2.05, 4.69) is 10.3 Å². The molecule has 1 atom stereocenters. The maximum atomic E-state index is 11.8. The molecule has 2 rings (SSSR count). The van der Waals surface area contributed by atoms with Crippen LogP contribution in [0.4, 0.5) is 0 Å². The van der Waals surface area contributed by atoms with Crippen LogP contribution in [0.2, 0.25) is 0 Å². The number of hydrogen-bond donors (Lipinski definition) is 1. The monoisotopic (exact) mass is 238 g/mol. The third kappa shape index (κ3) is 2.50. The fraction of sp³-hybridized carbons (Fsp3) is 0.600. The second kappa shape index (κ2) is 4.62. The Balaban J connectivity index is 2.00. The zero-order valence-corrected chi connectivity index (χ0v) is 9.54. The molecule has 1 N–H and O–H groups in total. The Bertz CT molecular complexity index is 441. The van der Waals surface area contributed by atoms with E-state index in [-0.39, 0.29) is 18.4 Å². The number of rotatable bonds is 3. The summed E-state index contributed by atoms with van der Waals surface area (Å²) in [6, 6.07) is 0. The van der Waals surface area contributed by atoms with Gasteiger partial charge in [0.2, 0.25) is 5.91 Å². The van der Waals surface area contributed by atoms with E-state index in [4.69, 9.17) is 0 Å². The second-order valence-corrected chi connectivity index (χ2v) is 4.06. The first-order valence-corrected chi connectivity index (χ1v) is 5.49. The van der Waals surface area contributed by atoms with Crippen molar-refractivity contribution in [2.45, 2.75) is 32.4 Å². The lowest BCUT2D eigenvalue weighted by atomic mass is 10.3. The minimum atomic E-state index is -0.715. The minimum absolute atomic E-state index is 0.0224. The van der Waals surface area contributed by atoms with Crippen LogP contribution in [-0.2, 0) is 16.1 Å². The van der Waals surface area contributed by atoms with E-state index in [0.717, 1.165) is 6.42 Å². The van der Waals surface area contributed by atoms with Crippen LogP contribution in [0.3, 0.4) is 0 Å². The molecule has 17 heavy (non-hydrogen) atoms. The van der Waals surface area contributed by atoms with Gasteiger partial charge in [-0.25, -0.2) is 4.68 Å². The van der Waals surface area contributed by atoms with Gasteiger partial charge in [-0.2, -0.15) is 0 Å². The average Bonchev–Trinajstić information content (AvgIpc) is 2.86. The van der Waals surface area contributed by atoms with Crippen molar-refractivity contribution < 1.29 is 14.7 Å². The number of aliphatic hydroxyl groups is 1. The summed E-state index contributed by atoms with van der Waals surface area (Å²) in [6.07, 6.45) is 1.94. The summed E-state index contributed by atoms with van der Waals surface area (Å²) in [4.78, 5) is 24.3. The molecule has 0 aromatic carbocycles. The molecule has 1 aromatic heterocycles. The number of aliphatic hydroxyl groups excluding tert-OH is 1. The number of likely N-dealkylation sites (tertiary alicyclic amines) is 1. The van der Waals surface area contributed by atoms with Crippen LogP contribution in [0, 0.1) is 0 Å². The van der Waals surface area contributed by atoms with Crippen molar-refractivity contribution in [1.29, 1.82) is 0 Å². The first-order chi connectivity index (χ1) is 8.08. The molecule has 2 amide bonds. The number of aromatic nitrogens is 3. The fourth-order valence-corrected chi connectivity index (χ4v) is 1.72. The number of imide groups is 1. The highest BCUT2D eigenvalue weighted by molar-refractivity contribution is 5.96. The number of carbonyl (C=O) groups excluding carboxylic acids is 2. The lowest BCUT2D eigenvalue weighted by molar-refractivity contribution is -0.142. The van der Waals surface area contributed by atoms with Crippen molar-refractivity contribution in [1.82, 2.24) is 19.9 Å². The first kappa shape index (κ1) is 11.7. The van der Waals surface area contributed by atoms with Gasteiger partial charge < -0.3 is 5.11 Å². The predicted molar refractivity (Wildman–Crippen MR) is 56.6 cm³/mol. The molecule has 0 aliphatic carbocycles. The number of carbonyl (C=O) groups is 2. The van der Waals surface area contributed by atoms with Crippen molar-refractivity contribution >= 4 is 11.8 Å². The largest absolute Gasteiger partial charge is 0.387 e. The topological polar surface area (TPSA) is 88.3 Å². The maximum Gasteiger partial charge on any atom is 0.250 e. The normalized spacial score (nSPS) is 17.5. The Morgan fingerprint density at radius 2 is 2.41 bits per heavy atom. The number of hydrogen-bond acceptors (Lipinski definition) is 5. The predicted octanol–water partition coefficient (Wildman–Crippen LogP) is -0.520. The standard InChI is InChI=1S/C10H14N4O3/c1-7(15)8-5-13(12-11-8)6-10(17)14-4-2-3-9(14)16/h5,7,15H,2-4,6H2,1H3. The molecule has 0 saturated carbocycles. The molecule has 0 radical (unpaired) electrons. The molecule has 1 aliphatic heterocycles. The Morgan fingerprint density at radius 3 is 2.94 bits per heavy atom. The summed E-state index contributed by atoms with van der Waals surface area (Å²) in [6.45, 7) is 2.03. The van der Waals surface area contributed by atoms with Crippen LogP contribution < -0.4 is 0 Å². The quantitative estimate of drug-likeness (QED) is 0.765. The highest BCUT2D eigenvalue weighted by atomic mass is 16.3.